The van der Waals surface area contributed by atoms with E-state index in [2.05, 4.69) is 0 Å². The Labute approximate surface area is 76.3 Å². The standard InChI is InChI=1S/C10H9O3/c1-3-7-4-5-8(10(11)12)6-9(7)13-2/h1,3-6H,2H3,(H,11,12). The first-order chi connectivity index (χ1) is 6.19. The van der Waals surface area contributed by atoms with Gasteiger partial charge in [0.15, 0.2) is 0 Å². The Morgan fingerprint density at radius 3 is 2.77 bits per heavy atom. The number of aromatic carboxylic acids is 1. The van der Waals surface area contributed by atoms with Crippen molar-refractivity contribution in [2.24, 2.45) is 0 Å². The maximum atomic E-state index is 10.6. The van der Waals surface area contributed by atoms with Crippen LogP contribution in [0.15, 0.2) is 18.2 Å². The summed E-state index contributed by atoms with van der Waals surface area (Å²) in [4.78, 5) is 10.6. The maximum absolute atomic E-state index is 10.6. The van der Waals surface area contributed by atoms with Crippen LogP contribution in [0.4, 0.5) is 0 Å². The first kappa shape index (κ1) is 9.32. The molecule has 1 aromatic rings. The summed E-state index contributed by atoms with van der Waals surface area (Å²) in [7, 11) is 1.47. The summed E-state index contributed by atoms with van der Waals surface area (Å²) in [6.45, 7) is 5.30. The van der Waals surface area contributed by atoms with E-state index in [9.17, 15) is 4.79 Å². The van der Waals surface area contributed by atoms with Crippen LogP contribution in [0.2, 0.25) is 0 Å². The minimum Gasteiger partial charge on any atom is -0.496 e. The Morgan fingerprint density at radius 1 is 1.62 bits per heavy atom. The zero-order valence-electron chi connectivity index (χ0n) is 7.15. The number of hydrogen-bond acceptors (Lipinski definition) is 2. The van der Waals surface area contributed by atoms with Gasteiger partial charge in [-0.1, -0.05) is 18.7 Å². The number of ether oxygens (including phenoxy) is 1. The molecule has 0 atom stereocenters. The molecule has 0 bridgehead atoms. The van der Waals surface area contributed by atoms with Crippen molar-refractivity contribution < 1.29 is 14.6 Å². The average molecular weight is 177 g/mol. The van der Waals surface area contributed by atoms with E-state index in [0.717, 1.165) is 0 Å². The van der Waals surface area contributed by atoms with Crippen molar-refractivity contribution in [1.82, 2.24) is 0 Å². The Kier molecular flexibility index (Phi) is 2.69. The van der Waals surface area contributed by atoms with E-state index >= 15 is 0 Å². The molecule has 67 valence electrons. The number of carbonyl (C=O) groups is 1. The lowest BCUT2D eigenvalue weighted by Gasteiger charge is -2.04. The highest BCUT2D eigenvalue weighted by molar-refractivity contribution is 5.88. The number of carboxylic acid groups (broad SMARTS) is 1. The fourth-order valence-electron chi connectivity index (χ4n) is 0.982. The third-order valence-electron chi connectivity index (χ3n) is 1.66. The lowest BCUT2D eigenvalue weighted by molar-refractivity contribution is 0.0696. The minimum absolute atomic E-state index is 0.183. The van der Waals surface area contributed by atoms with Gasteiger partial charge >= 0.3 is 5.97 Å². The van der Waals surface area contributed by atoms with Gasteiger partial charge in [-0.25, -0.2) is 4.79 Å². The quantitative estimate of drug-likeness (QED) is 0.766. The molecule has 0 fully saturated rings. The minimum atomic E-state index is -0.984. The molecule has 1 rings (SSSR count). The van der Waals surface area contributed by atoms with Crippen molar-refractivity contribution in [1.29, 1.82) is 0 Å². The summed E-state index contributed by atoms with van der Waals surface area (Å²) in [5, 5.41) is 8.67. The van der Waals surface area contributed by atoms with Gasteiger partial charge in [-0.05, 0) is 12.1 Å². The van der Waals surface area contributed by atoms with Crippen LogP contribution >= 0.6 is 0 Å². The van der Waals surface area contributed by atoms with Crippen molar-refractivity contribution in [3.05, 3.63) is 35.9 Å². The van der Waals surface area contributed by atoms with Crippen LogP contribution in [-0.2, 0) is 0 Å². The molecule has 0 spiro atoms. The largest absolute Gasteiger partial charge is 0.496 e. The monoisotopic (exact) mass is 177 g/mol. The van der Waals surface area contributed by atoms with Crippen molar-refractivity contribution >= 4 is 12.0 Å². The number of benzene rings is 1. The number of hydrogen-bond donors (Lipinski definition) is 1. The summed E-state index contributed by atoms with van der Waals surface area (Å²) in [6.07, 6.45) is 1.37. The van der Waals surface area contributed by atoms with E-state index in [1.54, 1.807) is 6.07 Å². The van der Waals surface area contributed by atoms with E-state index in [-0.39, 0.29) is 5.56 Å². The Morgan fingerprint density at radius 2 is 2.31 bits per heavy atom. The van der Waals surface area contributed by atoms with Crippen LogP contribution in [0.25, 0.3) is 6.08 Å². The molecule has 0 aliphatic rings. The van der Waals surface area contributed by atoms with Gasteiger partial charge in [-0.15, -0.1) is 0 Å². The summed E-state index contributed by atoms with van der Waals surface area (Å²) >= 11 is 0. The molecular formula is C10H9O3. The van der Waals surface area contributed by atoms with Crippen LogP contribution in [0.3, 0.4) is 0 Å². The second-order valence-corrected chi connectivity index (χ2v) is 2.43. The SMILES string of the molecule is [CH]=Cc1ccc(C(=O)O)cc1OC. The van der Waals surface area contributed by atoms with Gasteiger partial charge in [0, 0.05) is 5.56 Å². The molecule has 3 nitrogen and oxygen atoms in total. The number of rotatable bonds is 3. The molecule has 0 amide bonds. The molecule has 0 saturated carbocycles. The van der Waals surface area contributed by atoms with Gasteiger partial charge in [-0.2, -0.15) is 0 Å². The Bertz CT molecular complexity index is 342. The fourth-order valence-corrected chi connectivity index (χ4v) is 0.982. The third kappa shape index (κ3) is 1.87. The van der Waals surface area contributed by atoms with Crippen LogP contribution in [-0.4, -0.2) is 18.2 Å². The fraction of sp³-hybridized carbons (Fsp3) is 0.100. The molecule has 0 heterocycles. The topological polar surface area (TPSA) is 46.5 Å². The van der Waals surface area contributed by atoms with Crippen molar-refractivity contribution in [3.8, 4) is 5.75 Å². The second kappa shape index (κ2) is 3.76. The van der Waals surface area contributed by atoms with Crippen LogP contribution in [0, 0.1) is 6.58 Å². The second-order valence-electron chi connectivity index (χ2n) is 2.43. The molecule has 0 aliphatic heterocycles. The Hall–Kier alpha value is -1.77. The first-order valence-corrected chi connectivity index (χ1v) is 3.65. The van der Waals surface area contributed by atoms with Crippen LogP contribution in [0.5, 0.6) is 5.75 Å². The smallest absolute Gasteiger partial charge is 0.335 e. The molecule has 1 aromatic carbocycles. The first-order valence-electron chi connectivity index (χ1n) is 3.65. The molecule has 13 heavy (non-hydrogen) atoms. The number of methoxy groups -OCH3 is 1. The average Bonchev–Trinajstić information content (AvgIpc) is 2.16. The van der Waals surface area contributed by atoms with E-state index in [1.807, 2.05) is 0 Å². The lowest BCUT2D eigenvalue weighted by Crippen LogP contribution is -1.97. The molecule has 0 unspecified atom stereocenters. The third-order valence-corrected chi connectivity index (χ3v) is 1.66. The van der Waals surface area contributed by atoms with E-state index in [1.165, 1.54) is 25.3 Å². The van der Waals surface area contributed by atoms with Crippen molar-refractivity contribution in [2.45, 2.75) is 0 Å². The highest BCUT2D eigenvalue weighted by Gasteiger charge is 2.06. The van der Waals surface area contributed by atoms with Crippen LogP contribution < -0.4 is 4.74 Å². The van der Waals surface area contributed by atoms with Gasteiger partial charge in [-0.3, -0.25) is 0 Å². The normalized spacial score (nSPS) is 9.31. The van der Waals surface area contributed by atoms with Crippen LogP contribution in [0.1, 0.15) is 15.9 Å². The molecule has 0 aromatic heterocycles. The van der Waals surface area contributed by atoms with Gasteiger partial charge < -0.3 is 9.84 Å². The summed E-state index contributed by atoms with van der Waals surface area (Å²) < 4.78 is 4.95. The number of carboxylic acids is 1. The molecule has 0 saturated heterocycles. The predicted molar refractivity (Wildman–Crippen MR) is 48.7 cm³/mol. The molecule has 3 heteroatoms. The molecule has 1 radical (unpaired) electrons. The lowest BCUT2D eigenvalue weighted by atomic mass is 10.1. The zero-order valence-corrected chi connectivity index (χ0v) is 7.15. The molecule has 0 aliphatic carbocycles. The van der Waals surface area contributed by atoms with E-state index < -0.39 is 5.97 Å². The van der Waals surface area contributed by atoms with E-state index in [0.29, 0.717) is 11.3 Å². The van der Waals surface area contributed by atoms with Gasteiger partial charge in [0.2, 0.25) is 0 Å². The molecule has 1 N–H and O–H groups in total. The van der Waals surface area contributed by atoms with Gasteiger partial charge in [0.05, 0.1) is 12.7 Å². The maximum Gasteiger partial charge on any atom is 0.335 e. The van der Waals surface area contributed by atoms with Gasteiger partial charge in [0.1, 0.15) is 5.75 Å². The zero-order chi connectivity index (χ0) is 9.84. The summed E-state index contributed by atoms with van der Waals surface area (Å²) in [5.74, 6) is -0.524. The van der Waals surface area contributed by atoms with Crippen molar-refractivity contribution in [2.75, 3.05) is 7.11 Å². The van der Waals surface area contributed by atoms with Gasteiger partial charge in [0.25, 0.3) is 0 Å². The Balaban J connectivity index is 3.20. The summed E-state index contributed by atoms with van der Waals surface area (Å²) in [5.41, 5.74) is 0.856. The van der Waals surface area contributed by atoms with Crippen molar-refractivity contribution in [3.63, 3.8) is 0 Å². The van der Waals surface area contributed by atoms with E-state index in [4.69, 9.17) is 16.4 Å². The summed E-state index contributed by atoms with van der Waals surface area (Å²) in [6, 6.07) is 4.51. The predicted octanol–water partition coefficient (Wildman–Crippen LogP) is 1.84. The molecular weight excluding hydrogens is 168 g/mol. The highest BCUT2D eigenvalue weighted by atomic mass is 16.5. The highest BCUT2D eigenvalue weighted by Crippen LogP contribution is 2.20.